The van der Waals surface area contributed by atoms with Crippen LogP contribution in [-0.4, -0.2) is 81.3 Å². The van der Waals surface area contributed by atoms with Gasteiger partial charge in [0.15, 0.2) is 0 Å². The van der Waals surface area contributed by atoms with Gasteiger partial charge in [-0.3, -0.25) is 28.9 Å². The number of esters is 2. The predicted octanol–water partition coefficient (Wildman–Crippen LogP) is 3.64. The number of aryl methyl sites for hydroxylation is 2. The van der Waals surface area contributed by atoms with Gasteiger partial charge in [-0.2, -0.15) is 13.2 Å². The molecule has 55 heavy (non-hydrogen) atoms. The molecule has 0 spiro atoms. The van der Waals surface area contributed by atoms with E-state index >= 15 is 4.39 Å². The molecular formula is C37H34F4N6O8. The Hall–Kier alpha value is -6.17. The number of benzene rings is 2. The van der Waals surface area contributed by atoms with Gasteiger partial charge in [-0.25, -0.2) is 18.5 Å². The summed E-state index contributed by atoms with van der Waals surface area (Å²) in [5.74, 6) is -4.06. The summed E-state index contributed by atoms with van der Waals surface area (Å²) < 4.78 is 74.5. The molecule has 1 fully saturated rings. The number of hydrogen-bond donors (Lipinski definition) is 1. The summed E-state index contributed by atoms with van der Waals surface area (Å²) in [5, 5.41) is 3.06. The molecule has 5 aromatic rings. The second-order valence-corrected chi connectivity index (χ2v) is 12.8. The first-order chi connectivity index (χ1) is 26.1. The minimum Gasteiger partial charge on any atom is -0.426 e. The van der Waals surface area contributed by atoms with E-state index in [-0.39, 0.29) is 47.4 Å². The molecule has 2 aromatic carbocycles. The van der Waals surface area contributed by atoms with E-state index < -0.39 is 71.6 Å². The first-order valence-electron chi connectivity index (χ1n) is 16.9. The van der Waals surface area contributed by atoms with Gasteiger partial charge in [0.25, 0.3) is 11.5 Å². The van der Waals surface area contributed by atoms with Crippen molar-refractivity contribution in [1.82, 2.24) is 24.4 Å². The predicted molar refractivity (Wildman–Crippen MR) is 189 cm³/mol. The van der Waals surface area contributed by atoms with Crippen LogP contribution in [0.25, 0.3) is 27.5 Å². The molecule has 6 rings (SSSR count). The lowest BCUT2D eigenvalue weighted by atomic mass is 9.99. The summed E-state index contributed by atoms with van der Waals surface area (Å²) in [6, 6.07) is 6.11. The van der Waals surface area contributed by atoms with Crippen molar-refractivity contribution in [2.24, 2.45) is 7.05 Å². The average Bonchev–Trinajstić information content (AvgIpc) is 3.13. The maximum absolute atomic E-state index is 15.7. The summed E-state index contributed by atoms with van der Waals surface area (Å²) >= 11 is 0. The zero-order chi connectivity index (χ0) is 39.8. The first kappa shape index (κ1) is 38.6. The first-order valence-corrected chi connectivity index (χ1v) is 16.9. The van der Waals surface area contributed by atoms with Crippen molar-refractivity contribution in [2.75, 3.05) is 24.7 Å². The number of hydrogen-bond acceptors (Lipinski definition) is 11. The highest BCUT2D eigenvalue weighted by Crippen LogP contribution is 2.33. The Morgan fingerprint density at radius 2 is 1.84 bits per heavy atom. The van der Waals surface area contributed by atoms with Gasteiger partial charge in [-0.1, -0.05) is 12.1 Å². The normalized spacial score (nSPS) is 15.8. The Balaban J connectivity index is 1.37. The number of halogens is 4. The Labute approximate surface area is 309 Å². The molecule has 14 nitrogen and oxygen atoms in total. The number of aromatic nitrogens is 4. The lowest BCUT2D eigenvalue weighted by Gasteiger charge is -2.38. The molecule has 1 unspecified atom stereocenters. The molecule has 3 aromatic heterocycles. The number of pyridine rings is 2. The number of rotatable bonds is 9. The Bertz CT molecular complexity index is 2430. The number of alkyl halides is 3. The number of anilines is 1. The van der Waals surface area contributed by atoms with E-state index in [1.165, 1.54) is 68.3 Å². The summed E-state index contributed by atoms with van der Waals surface area (Å²) in [5.41, 5.74) is -0.952. The summed E-state index contributed by atoms with van der Waals surface area (Å²) in [4.78, 5) is 75.4. The highest BCUT2D eigenvalue weighted by atomic mass is 19.4. The van der Waals surface area contributed by atoms with Crippen LogP contribution in [0.15, 0.2) is 70.6 Å². The van der Waals surface area contributed by atoms with Gasteiger partial charge in [0.1, 0.15) is 17.9 Å². The van der Waals surface area contributed by atoms with Gasteiger partial charge in [0.2, 0.25) is 6.29 Å². The van der Waals surface area contributed by atoms with E-state index in [2.05, 4.69) is 15.3 Å². The molecule has 4 heterocycles. The lowest BCUT2D eigenvalue weighted by Crippen LogP contribution is -2.53. The van der Waals surface area contributed by atoms with Crippen molar-refractivity contribution in [2.45, 2.75) is 51.7 Å². The van der Waals surface area contributed by atoms with Crippen molar-refractivity contribution < 1.29 is 46.2 Å². The van der Waals surface area contributed by atoms with Gasteiger partial charge >= 0.3 is 23.8 Å². The molecule has 0 radical (unpaired) electrons. The highest BCUT2D eigenvalue weighted by molar-refractivity contribution is 5.99. The summed E-state index contributed by atoms with van der Waals surface area (Å²) in [6.45, 7) is 2.86. The SMILES string of the molecule is CC(=O)OC(C)OC(=O)[C@H](Cc1ccc(-n2c(=O)c3ccncc3n(C)c2=O)c2ncccc12)NC(=O)c1c(C)cc(N2CCOC[C@@H]2C(F)(F)F)cc1F. The molecule has 1 aliphatic rings. The second-order valence-electron chi connectivity index (χ2n) is 12.8. The minimum absolute atomic E-state index is 0.0162. The number of carbonyl (C=O) groups is 3. The molecule has 1 saturated heterocycles. The van der Waals surface area contributed by atoms with Gasteiger partial charge in [-0.15, -0.1) is 0 Å². The van der Waals surface area contributed by atoms with Crippen LogP contribution in [-0.2, 0) is 37.3 Å². The van der Waals surface area contributed by atoms with Gasteiger partial charge in [0, 0.05) is 57.3 Å². The van der Waals surface area contributed by atoms with E-state index in [1.54, 1.807) is 12.1 Å². The maximum atomic E-state index is 15.7. The van der Waals surface area contributed by atoms with Crippen LogP contribution in [0.2, 0.25) is 0 Å². The Kier molecular flexibility index (Phi) is 10.7. The van der Waals surface area contributed by atoms with E-state index in [9.17, 15) is 37.1 Å². The van der Waals surface area contributed by atoms with Crippen LogP contribution in [0.4, 0.5) is 23.2 Å². The number of amides is 1. The minimum atomic E-state index is -4.67. The van der Waals surface area contributed by atoms with Gasteiger partial charge < -0.3 is 24.4 Å². The number of ether oxygens (including phenoxy) is 3. The summed E-state index contributed by atoms with van der Waals surface area (Å²) in [7, 11) is 1.49. The number of nitrogens with zero attached hydrogens (tertiary/aromatic N) is 5. The highest BCUT2D eigenvalue weighted by Gasteiger charge is 2.45. The molecule has 0 saturated carbocycles. The van der Waals surface area contributed by atoms with Crippen LogP contribution < -0.4 is 21.5 Å². The van der Waals surface area contributed by atoms with Crippen LogP contribution in [0.3, 0.4) is 0 Å². The molecule has 288 valence electrons. The third-order valence-electron chi connectivity index (χ3n) is 9.12. The fourth-order valence-corrected chi connectivity index (χ4v) is 6.59. The smallest absolute Gasteiger partial charge is 0.411 e. The van der Waals surface area contributed by atoms with Crippen molar-refractivity contribution >= 4 is 45.3 Å². The van der Waals surface area contributed by atoms with Crippen LogP contribution in [0.5, 0.6) is 0 Å². The van der Waals surface area contributed by atoms with Crippen molar-refractivity contribution in [1.29, 1.82) is 0 Å². The summed E-state index contributed by atoms with van der Waals surface area (Å²) in [6.07, 6.45) is -2.11. The Morgan fingerprint density at radius 3 is 2.55 bits per heavy atom. The lowest BCUT2D eigenvalue weighted by molar-refractivity contribution is -0.184. The Morgan fingerprint density at radius 1 is 1.07 bits per heavy atom. The fraction of sp³-hybridized carbons (Fsp3) is 0.324. The third-order valence-corrected chi connectivity index (χ3v) is 9.12. The molecule has 1 N–H and O–H groups in total. The standard InChI is InChI=1S/C37H34F4N6O8/c1-19-14-23(46-12-13-53-18-30(46)37(39,40)41)16-26(38)31(19)33(49)44-27(35(51)55-21(3)54-20(2)48)15-22-7-8-28(32-24(22)6-5-10-43-32)47-34(50)25-9-11-42-17-29(25)45(4)36(47)52/h5-11,14,16-17,21,27,30H,12-13,15,18H2,1-4H3,(H,44,49)/t21?,27-,30+/m0/s1. The van der Waals surface area contributed by atoms with Crippen molar-refractivity contribution in [3.8, 4) is 5.69 Å². The molecular weight excluding hydrogens is 732 g/mol. The van der Waals surface area contributed by atoms with Crippen molar-refractivity contribution in [3.63, 3.8) is 0 Å². The zero-order valence-electron chi connectivity index (χ0n) is 29.8. The number of nitrogens with one attached hydrogen (secondary N) is 1. The average molecular weight is 767 g/mol. The van der Waals surface area contributed by atoms with Gasteiger partial charge in [0.05, 0.1) is 47.1 Å². The van der Waals surface area contributed by atoms with E-state index in [0.717, 1.165) is 22.5 Å². The molecule has 1 aliphatic heterocycles. The molecule has 3 atom stereocenters. The van der Waals surface area contributed by atoms with Crippen molar-refractivity contribution in [3.05, 3.63) is 104 Å². The largest absolute Gasteiger partial charge is 0.426 e. The molecule has 0 bridgehead atoms. The molecule has 1 amide bonds. The fourth-order valence-electron chi connectivity index (χ4n) is 6.59. The quantitative estimate of drug-likeness (QED) is 0.132. The van der Waals surface area contributed by atoms with E-state index in [1.807, 2.05) is 0 Å². The number of carbonyl (C=O) groups excluding carboxylic acids is 3. The monoisotopic (exact) mass is 766 g/mol. The zero-order valence-corrected chi connectivity index (χ0v) is 29.8. The van der Waals surface area contributed by atoms with Gasteiger partial charge in [-0.05, 0) is 48.4 Å². The second kappa shape index (κ2) is 15.3. The van der Waals surface area contributed by atoms with E-state index in [0.29, 0.717) is 16.5 Å². The molecule has 18 heteroatoms. The maximum Gasteiger partial charge on any atom is 0.411 e. The number of fused-ring (bicyclic) bond motifs is 2. The molecule has 0 aliphatic carbocycles. The van der Waals surface area contributed by atoms with E-state index in [4.69, 9.17) is 14.2 Å². The van der Waals surface area contributed by atoms with Crippen LogP contribution in [0.1, 0.15) is 35.3 Å². The topological polar surface area (TPSA) is 164 Å². The third kappa shape index (κ3) is 7.75. The number of morpholine rings is 1. The van der Waals surface area contributed by atoms with Crippen LogP contribution >= 0.6 is 0 Å². The van der Waals surface area contributed by atoms with Crippen LogP contribution in [0, 0.1) is 12.7 Å².